The predicted molar refractivity (Wildman–Crippen MR) is 71.8 cm³/mol. The maximum atomic E-state index is 11.5. The Morgan fingerprint density at radius 1 is 1.19 bits per heavy atom. The molecule has 1 aromatic carbocycles. The molecule has 0 bridgehead atoms. The number of nitrogens with two attached hydrogens (primary N) is 1. The first-order chi connectivity index (χ1) is 9.68. The van der Waals surface area contributed by atoms with Crippen LogP contribution in [-0.2, 0) is 19.6 Å². The molecule has 0 unspecified atom stereocenters. The van der Waals surface area contributed by atoms with Crippen LogP contribution < -0.4 is 15.8 Å². The number of urea groups is 1. The number of imide groups is 1. The standard InChI is InChI=1S/C11H13N3O6S/c12-21(19,20)8-3-1-2-7(6-8)13-11(18)14-9(15)4-5-10(16)17/h1-3,6H,4-5H2,(H,16,17)(H2,12,19,20)(H2,13,14,15,18). The van der Waals surface area contributed by atoms with E-state index in [1.165, 1.54) is 18.2 Å². The number of nitrogens with one attached hydrogen (secondary N) is 2. The van der Waals surface area contributed by atoms with Crippen molar-refractivity contribution >= 4 is 33.6 Å². The summed E-state index contributed by atoms with van der Waals surface area (Å²) in [7, 11) is -3.91. The van der Waals surface area contributed by atoms with Crippen LogP contribution in [0, 0.1) is 0 Å². The quantitative estimate of drug-likeness (QED) is 0.592. The van der Waals surface area contributed by atoms with Gasteiger partial charge in [-0.3, -0.25) is 14.9 Å². The van der Waals surface area contributed by atoms with Crippen LogP contribution in [0.1, 0.15) is 12.8 Å². The van der Waals surface area contributed by atoms with Crippen molar-refractivity contribution in [3.63, 3.8) is 0 Å². The monoisotopic (exact) mass is 315 g/mol. The van der Waals surface area contributed by atoms with E-state index in [1.54, 1.807) is 0 Å². The molecule has 0 radical (unpaired) electrons. The number of sulfonamides is 1. The third kappa shape index (κ3) is 6.01. The highest BCUT2D eigenvalue weighted by molar-refractivity contribution is 7.89. The van der Waals surface area contributed by atoms with Crippen LogP contribution in [0.3, 0.4) is 0 Å². The molecule has 9 nitrogen and oxygen atoms in total. The molecule has 0 aromatic heterocycles. The van der Waals surface area contributed by atoms with E-state index in [9.17, 15) is 22.8 Å². The lowest BCUT2D eigenvalue weighted by Gasteiger charge is -2.07. The zero-order valence-corrected chi connectivity index (χ0v) is 11.5. The second-order valence-corrected chi connectivity index (χ2v) is 5.53. The average Bonchev–Trinajstić information content (AvgIpc) is 2.35. The number of rotatable bonds is 5. The van der Waals surface area contributed by atoms with Crippen molar-refractivity contribution in [2.75, 3.05) is 5.32 Å². The van der Waals surface area contributed by atoms with Gasteiger partial charge < -0.3 is 10.4 Å². The minimum Gasteiger partial charge on any atom is -0.481 e. The molecule has 0 spiro atoms. The van der Waals surface area contributed by atoms with Crippen molar-refractivity contribution in [2.24, 2.45) is 5.14 Å². The Balaban J connectivity index is 2.63. The van der Waals surface area contributed by atoms with E-state index < -0.39 is 34.4 Å². The normalized spacial score (nSPS) is 10.7. The lowest BCUT2D eigenvalue weighted by Crippen LogP contribution is -2.34. The van der Waals surface area contributed by atoms with E-state index in [4.69, 9.17) is 10.2 Å². The number of carbonyl (C=O) groups is 3. The zero-order valence-electron chi connectivity index (χ0n) is 10.7. The molecule has 0 aliphatic rings. The highest BCUT2D eigenvalue weighted by atomic mass is 32.2. The summed E-state index contributed by atoms with van der Waals surface area (Å²) >= 11 is 0. The first kappa shape index (κ1) is 16.6. The summed E-state index contributed by atoms with van der Waals surface area (Å²) in [4.78, 5) is 32.7. The van der Waals surface area contributed by atoms with Gasteiger partial charge in [-0.15, -0.1) is 0 Å². The van der Waals surface area contributed by atoms with Crippen LogP contribution >= 0.6 is 0 Å². The average molecular weight is 315 g/mol. The van der Waals surface area contributed by atoms with Gasteiger partial charge in [0.1, 0.15) is 0 Å². The Morgan fingerprint density at radius 2 is 1.86 bits per heavy atom. The number of carboxylic acid groups (broad SMARTS) is 1. The number of anilines is 1. The molecule has 3 amide bonds. The number of carboxylic acids is 1. The fourth-order valence-corrected chi connectivity index (χ4v) is 1.88. The third-order valence-electron chi connectivity index (χ3n) is 2.24. The molecular weight excluding hydrogens is 302 g/mol. The number of benzene rings is 1. The van der Waals surface area contributed by atoms with Crippen LogP contribution in [-0.4, -0.2) is 31.4 Å². The summed E-state index contributed by atoms with van der Waals surface area (Å²) in [5, 5.41) is 17.5. The Bertz CT molecular complexity index is 670. The Kier molecular flexibility index (Phi) is 5.38. The van der Waals surface area contributed by atoms with E-state index in [1.807, 2.05) is 5.32 Å². The van der Waals surface area contributed by atoms with E-state index in [0.717, 1.165) is 6.07 Å². The summed E-state index contributed by atoms with van der Waals surface area (Å²) in [5.74, 6) is -1.93. The van der Waals surface area contributed by atoms with Crippen molar-refractivity contribution in [3.05, 3.63) is 24.3 Å². The first-order valence-corrected chi connectivity index (χ1v) is 7.18. The number of aliphatic carboxylic acids is 1. The lowest BCUT2D eigenvalue weighted by atomic mass is 10.3. The fraction of sp³-hybridized carbons (Fsp3) is 0.182. The second kappa shape index (κ2) is 6.81. The van der Waals surface area contributed by atoms with Crippen LogP contribution in [0.4, 0.5) is 10.5 Å². The maximum absolute atomic E-state index is 11.5. The SMILES string of the molecule is NS(=O)(=O)c1cccc(NC(=O)NC(=O)CCC(=O)O)c1. The topological polar surface area (TPSA) is 156 Å². The lowest BCUT2D eigenvalue weighted by molar-refractivity contribution is -0.138. The van der Waals surface area contributed by atoms with Crippen LogP contribution in [0.5, 0.6) is 0 Å². The van der Waals surface area contributed by atoms with Gasteiger partial charge in [-0.2, -0.15) is 0 Å². The second-order valence-electron chi connectivity index (χ2n) is 3.97. The summed E-state index contributed by atoms with van der Waals surface area (Å²) in [6, 6.07) is 4.22. The zero-order chi connectivity index (χ0) is 16.0. The smallest absolute Gasteiger partial charge is 0.325 e. The molecule has 0 saturated heterocycles. The molecule has 1 aromatic rings. The summed E-state index contributed by atoms with van der Waals surface area (Å²) in [6.07, 6.45) is -0.750. The van der Waals surface area contributed by atoms with Crippen molar-refractivity contribution in [3.8, 4) is 0 Å². The van der Waals surface area contributed by atoms with Gasteiger partial charge in [0, 0.05) is 12.1 Å². The van der Waals surface area contributed by atoms with Crippen molar-refractivity contribution < 1.29 is 27.9 Å². The summed E-state index contributed by atoms with van der Waals surface area (Å²) in [6.45, 7) is 0. The molecule has 0 aliphatic heterocycles. The van der Waals surface area contributed by atoms with Gasteiger partial charge >= 0.3 is 12.0 Å². The predicted octanol–water partition coefficient (Wildman–Crippen LogP) is -0.153. The van der Waals surface area contributed by atoms with Gasteiger partial charge in [-0.1, -0.05) is 6.07 Å². The Hall–Kier alpha value is -2.46. The first-order valence-electron chi connectivity index (χ1n) is 5.64. The minimum absolute atomic E-state index is 0.116. The van der Waals surface area contributed by atoms with Crippen LogP contribution in [0.2, 0.25) is 0 Å². The van der Waals surface area contributed by atoms with Gasteiger partial charge in [0.2, 0.25) is 15.9 Å². The van der Waals surface area contributed by atoms with Gasteiger partial charge in [0.15, 0.2) is 0 Å². The van der Waals surface area contributed by atoms with Gasteiger partial charge in [-0.05, 0) is 18.2 Å². The number of primary sulfonamides is 1. The highest BCUT2D eigenvalue weighted by Crippen LogP contribution is 2.13. The van der Waals surface area contributed by atoms with Gasteiger partial charge in [0.25, 0.3) is 0 Å². The van der Waals surface area contributed by atoms with E-state index in [0.29, 0.717) is 0 Å². The van der Waals surface area contributed by atoms with Gasteiger partial charge in [-0.25, -0.2) is 18.4 Å². The summed E-state index contributed by atoms with van der Waals surface area (Å²) < 4.78 is 22.3. The van der Waals surface area contributed by atoms with E-state index in [2.05, 4.69) is 5.32 Å². The van der Waals surface area contributed by atoms with Crippen LogP contribution in [0.25, 0.3) is 0 Å². The molecule has 114 valence electrons. The van der Waals surface area contributed by atoms with Crippen LogP contribution in [0.15, 0.2) is 29.2 Å². The van der Waals surface area contributed by atoms with Crippen molar-refractivity contribution in [2.45, 2.75) is 17.7 Å². The molecular formula is C11H13N3O6S. The molecule has 0 aliphatic carbocycles. The Labute approximate surface area is 120 Å². The van der Waals surface area contributed by atoms with Gasteiger partial charge in [0.05, 0.1) is 11.3 Å². The maximum Gasteiger partial charge on any atom is 0.325 e. The Morgan fingerprint density at radius 3 is 2.43 bits per heavy atom. The third-order valence-corrected chi connectivity index (χ3v) is 3.15. The van der Waals surface area contributed by atoms with E-state index >= 15 is 0 Å². The number of carbonyl (C=O) groups excluding carboxylic acids is 2. The van der Waals surface area contributed by atoms with E-state index in [-0.39, 0.29) is 17.0 Å². The molecule has 0 heterocycles. The number of amides is 3. The molecule has 1 rings (SSSR count). The van der Waals surface area contributed by atoms with Crippen molar-refractivity contribution in [1.29, 1.82) is 0 Å². The fourth-order valence-electron chi connectivity index (χ4n) is 1.32. The summed E-state index contributed by atoms with van der Waals surface area (Å²) in [5.41, 5.74) is 0.116. The number of hydrogen-bond donors (Lipinski definition) is 4. The molecule has 10 heteroatoms. The largest absolute Gasteiger partial charge is 0.481 e. The molecule has 21 heavy (non-hydrogen) atoms. The molecule has 0 saturated carbocycles. The molecule has 5 N–H and O–H groups in total. The molecule has 0 atom stereocenters. The highest BCUT2D eigenvalue weighted by Gasteiger charge is 2.12. The number of hydrogen-bond acceptors (Lipinski definition) is 5. The van der Waals surface area contributed by atoms with Crippen molar-refractivity contribution in [1.82, 2.24) is 5.32 Å². The molecule has 0 fully saturated rings. The minimum atomic E-state index is -3.91.